The van der Waals surface area contributed by atoms with Crippen LogP contribution >= 0.6 is 0 Å². The zero-order valence-corrected chi connectivity index (χ0v) is 15.2. The van der Waals surface area contributed by atoms with Crippen LogP contribution in [0.15, 0.2) is 89.9 Å². The van der Waals surface area contributed by atoms with E-state index in [1.165, 1.54) is 0 Å². The summed E-state index contributed by atoms with van der Waals surface area (Å²) in [6, 6.07) is 26.4. The van der Waals surface area contributed by atoms with Crippen molar-refractivity contribution in [3.05, 3.63) is 96.1 Å². The number of rotatable bonds is 5. The van der Waals surface area contributed by atoms with Crippen molar-refractivity contribution in [2.45, 2.75) is 0 Å². The minimum absolute atomic E-state index is 0.818. The van der Waals surface area contributed by atoms with Gasteiger partial charge in [-0.15, -0.1) is 0 Å². The van der Waals surface area contributed by atoms with E-state index in [2.05, 4.69) is 45.8 Å². The van der Waals surface area contributed by atoms with Gasteiger partial charge in [-0.2, -0.15) is 0 Å². The molecule has 0 spiro atoms. The Morgan fingerprint density at radius 2 is 1.67 bits per heavy atom. The van der Waals surface area contributed by atoms with Gasteiger partial charge in [0, 0.05) is 6.21 Å². The van der Waals surface area contributed by atoms with Crippen LogP contribution in [0.3, 0.4) is 0 Å². The highest BCUT2D eigenvalue weighted by molar-refractivity contribution is 5.83. The van der Waals surface area contributed by atoms with E-state index in [0.29, 0.717) is 0 Å². The van der Waals surface area contributed by atoms with Crippen molar-refractivity contribution in [1.82, 2.24) is 5.43 Å². The fourth-order valence-corrected chi connectivity index (χ4v) is 2.95. The van der Waals surface area contributed by atoms with Crippen LogP contribution in [-0.2, 0) is 0 Å². The first kappa shape index (κ1) is 16.9. The maximum atomic E-state index is 5.22. The lowest BCUT2D eigenvalue weighted by molar-refractivity contribution is 0.415. The van der Waals surface area contributed by atoms with Crippen LogP contribution in [0.25, 0.3) is 5.70 Å². The average molecular weight is 355 g/mol. The van der Waals surface area contributed by atoms with Gasteiger partial charge in [0.05, 0.1) is 30.7 Å². The molecule has 0 saturated carbocycles. The van der Waals surface area contributed by atoms with Gasteiger partial charge in [-0.1, -0.05) is 42.5 Å². The molecule has 0 aliphatic carbocycles. The number of hydrogen-bond donors (Lipinski definition) is 1. The van der Waals surface area contributed by atoms with E-state index in [4.69, 9.17) is 4.74 Å². The molecule has 0 atom stereocenters. The maximum Gasteiger partial charge on any atom is 0.119 e. The molecule has 1 heterocycles. The molecule has 0 aromatic heterocycles. The van der Waals surface area contributed by atoms with Gasteiger partial charge in [0.1, 0.15) is 5.75 Å². The van der Waals surface area contributed by atoms with Crippen molar-refractivity contribution in [2.75, 3.05) is 18.7 Å². The number of hydrazine groups is 1. The SMILES string of the molecule is COc1ccc(N2CC=C(c3ccc(C=Nc4ccccc4)cc3)N2)cc1. The number of aliphatic imine (C=N–C) groups is 1. The van der Waals surface area contributed by atoms with Crippen molar-refractivity contribution in [3.8, 4) is 5.75 Å². The van der Waals surface area contributed by atoms with Crippen LogP contribution in [-0.4, -0.2) is 19.9 Å². The predicted molar refractivity (Wildman–Crippen MR) is 112 cm³/mol. The molecule has 1 aliphatic heterocycles. The van der Waals surface area contributed by atoms with Crippen molar-refractivity contribution in [1.29, 1.82) is 0 Å². The molecule has 0 unspecified atom stereocenters. The van der Waals surface area contributed by atoms with E-state index in [1.54, 1.807) is 7.11 Å². The standard InChI is InChI=1S/C23H21N3O/c1-27-22-13-11-21(12-14-22)26-16-15-23(25-26)19-9-7-18(8-10-19)17-24-20-5-3-2-4-6-20/h2-15,17,25H,16H2,1H3. The lowest BCUT2D eigenvalue weighted by atomic mass is 10.1. The number of ether oxygens (including phenoxy) is 1. The highest BCUT2D eigenvalue weighted by Crippen LogP contribution is 2.24. The van der Waals surface area contributed by atoms with E-state index in [0.717, 1.165) is 40.5 Å². The first-order valence-electron chi connectivity index (χ1n) is 8.90. The Balaban J connectivity index is 1.41. The summed E-state index contributed by atoms with van der Waals surface area (Å²) < 4.78 is 5.22. The number of benzene rings is 3. The average Bonchev–Trinajstić information content (AvgIpc) is 3.24. The molecule has 0 radical (unpaired) electrons. The highest BCUT2D eigenvalue weighted by Gasteiger charge is 2.15. The number of nitrogens with zero attached hydrogens (tertiary/aromatic N) is 2. The molecule has 134 valence electrons. The van der Waals surface area contributed by atoms with Gasteiger partial charge in [-0.3, -0.25) is 15.4 Å². The summed E-state index contributed by atoms with van der Waals surface area (Å²) in [5.74, 6) is 0.860. The van der Waals surface area contributed by atoms with Gasteiger partial charge >= 0.3 is 0 Å². The molecule has 0 saturated heterocycles. The Labute approximate surface area is 159 Å². The van der Waals surface area contributed by atoms with Crippen LogP contribution in [0.1, 0.15) is 11.1 Å². The second-order valence-corrected chi connectivity index (χ2v) is 6.25. The largest absolute Gasteiger partial charge is 0.497 e. The van der Waals surface area contributed by atoms with Crippen LogP contribution in [0.4, 0.5) is 11.4 Å². The third-order valence-corrected chi connectivity index (χ3v) is 4.46. The van der Waals surface area contributed by atoms with Crippen molar-refractivity contribution in [3.63, 3.8) is 0 Å². The lowest BCUT2D eigenvalue weighted by Gasteiger charge is -2.20. The van der Waals surface area contributed by atoms with Crippen LogP contribution in [0, 0.1) is 0 Å². The Kier molecular flexibility index (Phi) is 4.88. The van der Waals surface area contributed by atoms with Gasteiger partial charge in [0.2, 0.25) is 0 Å². The minimum atomic E-state index is 0.818. The summed E-state index contributed by atoms with van der Waals surface area (Å²) in [5, 5.41) is 2.11. The Hall–Kier alpha value is -3.53. The summed E-state index contributed by atoms with van der Waals surface area (Å²) in [7, 11) is 1.68. The van der Waals surface area contributed by atoms with Crippen molar-refractivity contribution in [2.24, 2.45) is 4.99 Å². The number of anilines is 1. The van der Waals surface area contributed by atoms with E-state index in [1.807, 2.05) is 60.8 Å². The second-order valence-electron chi connectivity index (χ2n) is 6.25. The first-order valence-corrected chi connectivity index (χ1v) is 8.90. The molecule has 4 heteroatoms. The summed E-state index contributed by atoms with van der Waals surface area (Å²) in [6.07, 6.45) is 4.08. The Bertz CT molecular complexity index is 945. The summed E-state index contributed by atoms with van der Waals surface area (Å²) in [4.78, 5) is 4.50. The normalized spacial score (nSPS) is 13.5. The predicted octanol–water partition coefficient (Wildman–Crippen LogP) is 4.81. The number of para-hydroxylation sites is 1. The molecule has 1 aliphatic rings. The fourth-order valence-electron chi connectivity index (χ4n) is 2.95. The van der Waals surface area contributed by atoms with E-state index >= 15 is 0 Å². The van der Waals surface area contributed by atoms with Gasteiger partial charge in [0.15, 0.2) is 0 Å². The van der Waals surface area contributed by atoms with Gasteiger partial charge in [-0.05, 0) is 53.6 Å². The lowest BCUT2D eigenvalue weighted by Crippen LogP contribution is -2.31. The van der Waals surface area contributed by atoms with Crippen molar-refractivity contribution >= 4 is 23.3 Å². The van der Waals surface area contributed by atoms with Crippen LogP contribution < -0.4 is 15.2 Å². The number of nitrogens with one attached hydrogen (secondary N) is 1. The highest BCUT2D eigenvalue weighted by atomic mass is 16.5. The Morgan fingerprint density at radius 1 is 0.926 bits per heavy atom. The minimum Gasteiger partial charge on any atom is -0.497 e. The maximum absolute atomic E-state index is 5.22. The summed E-state index contributed by atoms with van der Waals surface area (Å²) in [6.45, 7) is 0.818. The molecule has 0 fully saturated rings. The van der Waals surface area contributed by atoms with Gasteiger partial charge < -0.3 is 4.74 Å². The molecular formula is C23H21N3O. The number of hydrogen-bond acceptors (Lipinski definition) is 4. The smallest absolute Gasteiger partial charge is 0.119 e. The molecule has 4 rings (SSSR count). The van der Waals surface area contributed by atoms with E-state index in [-0.39, 0.29) is 0 Å². The third kappa shape index (κ3) is 4.01. The van der Waals surface area contributed by atoms with Crippen molar-refractivity contribution < 1.29 is 4.74 Å². The zero-order valence-electron chi connectivity index (χ0n) is 15.2. The van der Waals surface area contributed by atoms with Crippen LogP contribution in [0.5, 0.6) is 5.75 Å². The molecule has 3 aromatic rings. The van der Waals surface area contributed by atoms with Gasteiger partial charge in [0.25, 0.3) is 0 Å². The molecule has 1 N–H and O–H groups in total. The van der Waals surface area contributed by atoms with Crippen LogP contribution in [0.2, 0.25) is 0 Å². The number of methoxy groups -OCH3 is 1. The molecule has 0 amide bonds. The topological polar surface area (TPSA) is 36.9 Å². The molecule has 0 bridgehead atoms. The van der Waals surface area contributed by atoms with Gasteiger partial charge in [-0.25, -0.2) is 0 Å². The second kappa shape index (κ2) is 7.79. The molecule has 4 nitrogen and oxygen atoms in total. The summed E-state index contributed by atoms with van der Waals surface area (Å²) >= 11 is 0. The van der Waals surface area contributed by atoms with E-state index < -0.39 is 0 Å². The molecule has 27 heavy (non-hydrogen) atoms. The molecule has 3 aromatic carbocycles. The first-order chi connectivity index (χ1) is 13.3. The quantitative estimate of drug-likeness (QED) is 0.667. The third-order valence-electron chi connectivity index (χ3n) is 4.46. The summed E-state index contributed by atoms with van der Waals surface area (Å²) in [5.41, 5.74) is 8.86. The Morgan fingerprint density at radius 3 is 2.37 bits per heavy atom. The van der Waals surface area contributed by atoms with E-state index in [9.17, 15) is 0 Å². The monoisotopic (exact) mass is 355 g/mol. The zero-order chi connectivity index (χ0) is 18.5. The molecular weight excluding hydrogens is 334 g/mol. The fraction of sp³-hybridized carbons (Fsp3) is 0.0870.